The zero-order valence-electron chi connectivity index (χ0n) is 17.3. The molecule has 0 heterocycles. The second-order valence-corrected chi connectivity index (χ2v) is 7.27. The normalized spacial score (nSPS) is 10.3. The highest BCUT2D eigenvalue weighted by Crippen LogP contribution is 2.17. The van der Waals surface area contributed by atoms with E-state index in [4.69, 9.17) is 4.74 Å². The van der Waals surface area contributed by atoms with Crippen molar-refractivity contribution in [3.05, 3.63) is 89.5 Å². The van der Waals surface area contributed by atoms with Crippen LogP contribution in [0.1, 0.15) is 23.1 Å². The third kappa shape index (κ3) is 6.78. The lowest BCUT2D eigenvalue weighted by molar-refractivity contribution is -0.118. The van der Waals surface area contributed by atoms with Crippen LogP contribution < -0.4 is 15.4 Å². The van der Waals surface area contributed by atoms with Gasteiger partial charge in [-0.3, -0.25) is 9.59 Å². The van der Waals surface area contributed by atoms with Gasteiger partial charge in [0.2, 0.25) is 5.91 Å². The summed E-state index contributed by atoms with van der Waals surface area (Å²) in [6.07, 6.45) is 1.11. The summed E-state index contributed by atoms with van der Waals surface area (Å²) in [5, 5.41) is 5.67. The van der Waals surface area contributed by atoms with Gasteiger partial charge in [-0.05, 0) is 73.4 Å². The minimum absolute atomic E-state index is 0.0440. The molecule has 0 aromatic heterocycles. The molecule has 0 fully saturated rings. The van der Waals surface area contributed by atoms with E-state index < -0.39 is 0 Å². The fourth-order valence-electron chi connectivity index (χ4n) is 3.13. The fourth-order valence-corrected chi connectivity index (χ4v) is 3.13. The average molecular weight is 402 g/mol. The third-order valence-electron chi connectivity index (χ3n) is 4.50. The molecule has 0 saturated carbocycles. The van der Waals surface area contributed by atoms with Crippen molar-refractivity contribution < 1.29 is 14.3 Å². The summed E-state index contributed by atoms with van der Waals surface area (Å²) in [6, 6.07) is 22.8. The summed E-state index contributed by atoms with van der Waals surface area (Å²) >= 11 is 0. The molecule has 0 spiro atoms. The Morgan fingerprint density at radius 1 is 0.767 bits per heavy atom. The zero-order chi connectivity index (χ0) is 21.3. The van der Waals surface area contributed by atoms with E-state index in [9.17, 15) is 9.59 Å². The van der Waals surface area contributed by atoms with Gasteiger partial charge in [-0.1, -0.05) is 36.4 Å². The number of aryl methyl sites for hydroxylation is 3. The Kier molecular flexibility index (Phi) is 7.22. The Bertz CT molecular complexity index is 978. The fraction of sp³-hybridized carbons (Fsp3) is 0.200. The number of anilines is 2. The van der Waals surface area contributed by atoms with E-state index >= 15 is 0 Å². The van der Waals surface area contributed by atoms with Crippen LogP contribution in [-0.4, -0.2) is 18.4 Å². The van der Waals surface area contributed by atoms with Crippen molar-refractivity contribution in [3.8, 4) is 5.75 Å². The predicted octanol–water partition coefficient (Wildman–Crippen LogP) is 4.89. The molecule has 0 unspecified atom stereocenters. The first-order valence-corrected chi connectivity index (χ1v) is 9.93. The molecule has 3 aromatic carbocycles. The standard InChI is InChI=1S/C25H26N2O3/c1-18-14-19(2)16-23(15-18)30-17-25(29)27-22-11-9-21(10-12-22)26-24(28)13-8-20-6-4-3-5-7-20/h3-7,9-12,14-16H,8,13,17H2,1-2H3,(H,26,28)(H,27,29). The van der Waals surface area contributed by atoms with Crippen LogP contribution in [0.15, 0.2) is 72.8 Å². The maximum absolute atomic E-state index is 12.1. The monoisotopic (exact) mass is 402 g/mol. The van der Waals surface area contributed by atoms with Crippen LogP contribution in [0.25, 0.3) is 0 Å². The molecule has 30 heavy (non-hydrogen) atoms. The van der Waals surface area contributed by atoms with Crippen LogP contribution in [0.3, 0.4) is 0 Å². The molecule has 3 rings (SSSR count). The van der Waals surface area contributed by atoms with Crippen molar-refractivity contribution in [2.75, 3.05) is 17.2 Å². The van der Waals surface area contributed by atoms with Crippen LogP contribution in [0.5, 0.6) is 5.75 Å². The van der Waals surface area contributed by atoms with Crippen LogP contribution in [-0.2, 0) is 16.0 Å². The number of amides is 2. The molecule has 2 amide bonds. The first kappa shape index (κ1) is 21.1. The highest BCUT2D eigenvalue weighted by atomic mass is 16.5. The minimum atomic E-state index is -0.242. The molecule has 0 aliphatic heterocycles. The Balaban J connectivity index is 1.44. The van der Waals surface area contributed by atoms with Gasteiger partial charge in [-0.2, -0.15) is 0 Å². The van der Waals surface area contributed by atoms with Crippen molar-refractivity contribution in [1.82, 2.24) is 0 Å². The van der Waals surface area contributed by atoms with Gasteiger partial charge in [0, 0.05) is 17.8 Å². The van der Waals surface area contributed by atoms with E-state index in [1.807, 2.05) is 56.3 Å². The van der Waals surface area contributed by atoms with Gasteiger partial charge >= 0.3 is 0 Å². The lowest BCUT2D eigenvalue weighted by Gasteiger charge is -2.10. The summed E-state index contributed by atoms with van der Waals surface area (Å²) in [5.41, 5.74) is 4.65. The quantitative estimate of drug-likeness (QED) is 0.564. The van der Waals surface area contributed by atoms with Gasteiger partial charge in [-0.15, -0.1) is 0 Å². The second-order valence-electron chi connectivity index (χ2n) is 7.27. The number of hydrogen-bond acceptors (Lipinski definition) is 3. The van der Waals surface area contributed by atoms with Gasteiger partial charge < -0.3 is 15.4 Å². The van der Waals surface area contributed by atoms with Gasteiger partial charge in [0.1, 0.15) is 5.75 Å². The van der Waals surface area contributed by atoms with Crippen LogP contribution in [0.4, 0.5) is 11.4 Å². The van der Waals surface area contributed by atoms with Crippen molar-refractivity contribution >= 4 is 23.2 Å². The lowest BCUT2D eigenvalue weighted by atomic mass is 10.1. The lowest BCUT2D eigenvalue weighted by Crippen LogP contribution is -2.20. The zero-order valence-corrected chi connectivity index (χ0v) is 17.3. The molecular weight excluding hydrogens is 376 g/mol. The molecule has 0 aliphatic carbocycles. The van der Waals surface area contributed by atoms with E-state index in [1.165, 1.54) is 0 Å². The highest BCUT2D eigenvalue weighted by Gasteiger charge is 2.06. The van der Waals surface area contributed by atoms with Gasteiger partial charge in [0.15, 0.2) is 6.61 Å². The number of carbonyl (C=O) groups excluding carboxylic acids is 2. The molecular formula is C25H26N2O3. The van der Waals surface area contributed by atoms with E-state index in [0.29, 0.717) is 30.0 Å². The third-order valence-corrected chi connectivity index (χ3v) is 4.50. The Morgan fingerprint density at radius 3 is 1.93 bits per heavy atom. The van der Waals surface area contributed by atoms with Crippen LogP contribution in [0.2, 0.25) is 0 Å². The summed E-state index contributed by atoms with van der Waals surface area (Å²) in [7, 11) is 0. The molecule has 0 radical (unpaired) electrons. The predicted molar refractivity (Wildman–Crippen MR) is 120 cm³/mol. The molecule has 5 nitrogen and oxygen atoms in total. The molecule has 0 atom stereocenters. The number of hydrogen-bond donors (Lipinski definition) is 2. The van der Waals surface area contributed by atoms with E-state index in [0.717, 1.165) is 16.7 Å². The SMILES string of the molecule is Cc1cc(C)cc(OCC(=O)Nc2ccc(NC(=O)CCc3ccccc3)cc2)c1. The first-order chi connectivity index (χ1) is 14.5. The van der Waals surface area contributed by atoms with Gasteiger partial charge in [-0.25, -0.2) is 0 Å². The Labute approximate surface area is 177 Å². The molecule has 0 saturated heterocycles. The molecule has 5 heteroatoms. The largest absolute Gasteiger partial charge is 0.484 e. The van der Waals surface area contributed by atoms with Gasteiger partial charge in [0.25, 0.3) is 5.91 Å². The molecule has 2 N–H and O–H groups in total. The maximum atomic E-state index is 12.1. The number of ether oxygens (including phenoxy) is 1. The molecule has 0 bridgehead atoms. The van der Waals surface area contributed by atoms with Gasteiger partial charge in [0.05, 0.1) is 0 Å². The summed E-state index contributed by atoms with van der Waals surface area (Å²) in [5.74, 6) is 0.391. The Hall–Kier alpha value is -3.60. The minimum Gasteiger partial charge on any atom is -0.484 e. The molecule has 154 valence electrons. The van der Waals surface area contributed by atoms with Crippen LogP contribution in [0, 0.1) is 13.8 Å². The second kappa shape index (κ2) is 10.3. The number of benzene rings is 3. The van der Waals surface area contributed by atoms with E-state index in [2.05, 4.69) is 16.7 Å². The summed E-state index contributed by atoms with van der Waals surface area (Å²) in [4.78, 5) is 24.3. The average Bonchev–Trinajstić information content (AvgIpc) is 2.72. The smallest absolute Gasteiger partial charge is 0.262 e. The number of carbonyl (C=O) groups is 2. The maximum Gasteiger partial charge on any atom is 0.262 e. The van der Waals surface area contributed by atoms with Crippen molar-refractivity contribution in [2.24, 2.45) is 0 Å². The van der Waals surface area contributed by atoms with Crippen molar-refractivity contribution in [2.45, 2.75) is 26.7 Å². The first-order valence-electron chi connectivity index (χ1n) is 9.93. The van der Waals surface area contributed by atoms with Crippen molar-refractivity contribution in [1.29, 1.82) is 0 Å². The van der Waals surface area contributed by atoms with E-state index in [1.54, 1.807) is 24.3 Å². The molecule has 3 aromatic rings. The van der Waals surface area contributed by atoms with Crippen LogP contribution >= 0.6 is 0 Å². The van der Waals surface area contributed by atoms with E-state index in [-0.39, 0.29) is 18.4 Å². The molecule has 0 aliphatic rings. The Morgan fingerprint density at radius 2 is 1.33 bits per heavy atom. The van der Waals surface area contributed by atoms with Crippen molar-refractivity contribution in [3.63, 3.8) is 0 Å². The number of nitrogens with one attached hydrogen (secondary N) is 2. The summed E-state index contributed by atoms with van der Waals surface area (Å²) < 4.78 is 5.57. The number of rotatable bonds is 8. The summed E-state index contributed by atoms with van der Waals surface area (Å²) in [6.45, 7) is 3.91. The topological polar surface area (TPSA) is 67.4 Å². The highest BCUT2D eigenvalue weighted by molar-refractivity contribution is 5.93.